The maximum absolute atomic E-state index is 11.2. The van der Waals surface area contributed by atoms with E-state index in [0.717, 1.165) is 18.5 Å². The predicted molar refractivity (Wildman–Crippen MR) is 71.5 cm³/mol. The van der Waals surface area contributed by atoms with Crippen LogP contribution >= 0.6 is 0 Å². The Bertz CT molecular complexity index is 598. The van der Waals surface area contributed by atoms with Gasteiger partial charge in [0.1, 0.15) is 0 Å². The van der Waals surface area contributed by atoms with Crippen molar-refractivity contribution in [2.24, 2.45) is 5.92 Å². The number of aromatic nitrogens is 4. The number of carboxylic acids is 1. The van der Waals surface area contributed by atoms with Crippen molar-refractivity contribution in [3.8, 4) is 5.69 Å². The summed E-state index contributed by atoms with van der Waals surface area (Å²) in [5.74, 6) is -0.663. The first-order chi connectivity index (χ1) is 9.75. The Morgan fingerprint density at radius 3 is 2.85 bits per heavy atom. The molecular weight excluding hydrogens is 258 g/mol. The Balaban J connectivity index is 1.82. The van der Waals surface area contributed by atoms with Crippen LogP contribution in [-0.2, 0) is 4.79 Å². The van der Waals surface area contributed by atoms with Gasteiger partial charge < -0.3 is 10.4 Å². The highest BCUT2D eigenvalue weighted by Crippen LogP contribution is 2.28. The second-order valence-corrected chi connectivity index (χ2v) is 4.88. The summed E-state index contributed by atoms with van der Waals surface area (Å²) < 4.78 is 1.58. The average Bonchev–Trinajstić information content (AvgIpc) is 3.09. The number of hydrogen-bond acceptors (Lipinski definition) is 5. The fraction of sp³-hybridized carbons (Fsp3) is 0.385. The molecule has 2 aromatic rings. The number of aliphatic carboxylic acids is 1. The van der Waals surface area contributed by atoms with Gasteiger partial charge in [0.05, 0.1) is 11.6 Å². The highest BCUT2D eigenvalue weighted by Gasteiger charge is 2.33. The van der Waals surface area contributed by atoms with Crippen LogP contribution in [0.1, 0.15) is 19.3 Å². The Labute approximate surface area is 115 Å². The third-order valence-electron chi connectivity index (χ3n) is 3.62. The van der Waals surface area contributed by atoms with E-state index in [1.807, 2.05) is 30.3 Å². The molecule has 0 bridgehead atoms. The van der Waals surface area contributed by atoms with E-state index in [1.165, 1.54) is 0 Å². The summed E-state index contributed by atoms with van der Waals surface area (Å²) in [6.45, 7) is 0. The van der Waals surface area contributed by atoms with Crippen molar-refractivity contribution in [3.05, 3.63) is 30.3 Å². The normalized spacial score (nSPS) is 21.8. The molecule has 1 heterocycles. The van der Waals surface area contributed by atoms with Gasteiger partial charge in [0, 0.05) is 6.04 Å². The average molecular weight is 273 g/mol. The minimum absolute atomic E-state index is 0.124. The van der Waals surface area contributed by atoms with Crippen molar-refractivity contribution < 1.29 is 9.90 Å². The fourth-order valence-corrected chi connectivity index (χ4v) is 2.61. The van der Waals surface area contributed by atoms with Crippen molar-refractivity contribution >= 4 is 11.9 Å². The summed E-state index contributed by atoms with van der Waals surface area (Å²) in [5, 5.41) is 23.9. The van der Waals surface area contributed by atoms with Gasteiger partial charge in [0.25, 0.3) is 0 Å². The number of tetrazole rings is 1. The number of carbonyl (C=O) groups is 1. The largest absolute Gasteiger partial charge is 0.481 e. The summed E-state index contributed by atoms with van der Waals surface area (Å²) in [6, 6.07) is 9.38. The van der Waals surface area contributed by atoms with E-state index in [4.69, 9.17) is 0 Å². The van der Waals surface area contributed by atoms with Crippen LogP contribution in [0.5, 0.6) is 0 Å². The van der Waals surface area contributed by atoms with Crippen LogP contribution in [0.4, 0.5) is 5.95 Å². The van der Waals surface area contributed by atoms with E-state index in [0.29, 0.717) is 12.4 Å². The summed E-state index contributed by atoms with van der Waals surface area (Å²) in [6.07, 6.45) is 2.42. The second-order valence-electron chi connectivity index (χ2n) is 4.88. The summed E-state index contributed by atoms with van der Waals surface area (Å²) in [7, 11) is 0. The molecule has 2 atom stereocenters. The van der Waals surface area contributed by atoms with Crippen LogP contribution < -0.4 is 5.32 Å². The summed E-state index contributed by atoms with van der Waals surface area (Å²) in [5.41, 5.74) is 0.838. The predicted octanol–water partition coefficient (Wildman–Crippen LogP) is 1.33. The van der Waals surface area contributed by atoms with Crippen LogP contribution in [0.25, 0.3) is 5.69 Å². The number of para-hydroxylation sites is 1. The van der Waals surface area contributed by atoms with E-state index in [9.17, 15) is 9.90 Å². The number of rotatable bonds is 4. The fourth-order valence-electron chi connectivity index (χ4n) is 2.61. The number of hydrogen-bond donors (Lipinski definition) is 2. The van der Waals surface area contributed by atoms with Gasteiger partial charge in [-0.2, -0.15) is 4.68 Å². The Hall–Kier alpha value is -2.44. The van der Waals surface area contributed by atoms with Crippen LogP contribution in [-0.4, -0.2) is 37.3 Å². The third kappa shape index (κ3) is 2.34. The van der Waals surface area contributed by atoms with Gasteiger partial charge >= 0.3 is 5.97 Å². The van der Waals surface area contributed by atoms with Gasteiger partial charge in [-0.05, 0) is 35.4 Å². The molecule has 7 heteroatoms. The lowest BCUT2D eigenvalue weighted by Gasteiger charge is -2.17. The first kappa shape index (κ1) is 12.6. The van der Waals surface area contributed by atoms with Crippen molar-refractivity contribution in [1.29, 1.82) is 0 Å². The van der Waals surface area contributed by atoms with E-state index < -0.39 is 5.97 Å². The van der Waals surface area contributed by atoms with E-state index in [1.54, 1.807) is 4.68 Å². The molecule has 1 saturated carbocycles. The Morgan fingerprint density at radius 2 is 2.10 bits per heavy atom. The van der Waals surface area contributed by atoms with Crippen molar-refractivity contribution in [3.63, 3.8) is 0 Å². The molecule has 0 radical (unpaired) electrons. The van der Waals surface area contributed by atoms with Crippen molar-refractivity contribution in [2.45, 2.75) is 25.3 Å². The quantitative estimate of drug-likeness (QED) is 0.873. The first-order valence-electron chi connectivity index (χ1n) is 6.59. The van der Waals surface area contributed by atoms with Gasteiger partial charge in [0.15, 0.2) is 0 Å². The third-order valence-corrected chi connectivity index (χ3v) is 3.62. The van der Waals surface area contributed by atoms with Gasteiger partial charge in [-0.25, -0.2) is 0 Å². The van der Waals surface area contributed by atoms with Crippen molar-refractivity contribution in [2.75, 3.05) is 5.32 Å². The zero-order valence-electron chi connectivity index (χ0n) is 10.8. The number of benzene rings is 1. The highest BCUT2D eigenvalue weighted by atomic mass is 16.4. The maximum atomic E-state index is 11.2. The minimum Gasteiger partial charge on any atom is -0.481 e. The lowest BCUT2D eigenvalue weighted by Crippen LogP contribution is -2.30. The molecule has 1 fully saturated rings. The zero-order chi connectivity index (χ0) is 13.9. The zero-order valence-corrected chi connectivity index (χ0v) is 10.8. The van der Waals surface area contributed by atoms with Gasteiger partial charge in [0.2, 0.25) is 5.95 Å². The molecule has 0 aliphatic heterocycles. The van der Waals surface area contributed by atoms with E-state index in [2.05, 4.69) is 20.8 Å². The number of anilines is 1. The molecule has 20 heavy (non-hydrogen) atoms. The van der Waals surface area contributed by atoms with Crippen LogP contribution in [0, 0.1) is 5.92 Å². The first-order valence-corrected chi connectivity index (χ1v) is 6.59. The molecule has 2 N–H and O–H groups in total. The van der Waals surface area contributed by atoms with E-state index in [-0.39, 0.29) is 12.0 Å². The Kier molecular flexibility index (Phi) is 3.32. The summed E-state index contributed by atoms with van der Waals surface area (Å²) >= 11 is 0. The molecule has 7 nitrogen and oxygen atoms in total. The molecule has 0 amide bonds. The van der Waals surface area contributed by atoms with Crippen LogP contribution in [0.15, 0.2) is 30.3 Å². The smallest absolute Gasteiger partial charge is 0.308 e. The van der Waals surface area contributed by atoms with Crippen molar-refractivity contribution in [1.82, 2.24) is 20.2 Å². The molecule has 1 aliphatic carbocycles. The number of nitrogens with one attached hydrogen (secondary N) is 1. The van der Waals surface area contributed by atoms with Gasteiger partial charge in [-0.3, -0.25) is 4.79 Å². The lowest BCUT2D eigenvalue weighted by atomic mass is 10.0. The van der Waals surface area contributed by atoms with Crippen LogP contribution in [0.3, 0.4) is 0 Å². The lowest BCUT2D eigenvalue weighted by molar-refractivity contribution is -0.141. The summed E-state index contributed by atoms with van der Waals surface area (Å²) in [4.78, 5) is 11.2. The second kappa shape index (κ2) is 5.28. The monoisotopic (exact) mass is 273 g/mol. The molecule has 2 unspecified atom stereocenters. The number of carboxylic acid groups (broad SMARTS) is 1. The molecule has 1 aromatic carbocycles. The molecule has 0 saturated heterocycles. The topological polar surface area (TPSA) is 92.9 Å². The molecule has 0 spiro atoms. The minimum atomic E-state index is -0.765. The van der Waals surface area contributed by atoms with E-state index >= 15 is 0 Å². The molecular formula is C13H15N5O2. The molecule has 3 rings (SSSR count). The van der Waals surface area contributed by atoms with Gasteiger partial charge in [-0.15, -0.1) is 0 Å². The molecule has 1 aromatic heterocycles. The molecule has 1 aliphatic rings. The standard InChI is InChI=1S/C13H15N5O2/c19-12(20)10-7-4-8-11(10)14-13-15-16-17-18(13)9-5-2-1-3-6-9/h1-3,5-6,10-11H,4,7-8H2,(H,19,20)(H,14,15,17). The van der Waals surface area contributed by atoms with Crippen LogP contribution in [0.2, 0.25) is 0 Å². The van der Waals surface area contributed by atoms with Gasteiger partial charge in [-0.1, -0.05) is 29.7 Å². The molecule has 104 valence electrons. The Morgan fingerprint density at radius 1 is 1.30 bits per heavy atom. The maximum Gasteiger partial charge on any atom is 0.308 e. The SMILES string of the molecule is O=C(O)C1CCCC1Nc1nnnn1-c1ccccc1. The number of nitrogens with zero attached hydrogens (tertiary/aromatic N) is 4. The highest BCUT2D eigenvalue weighted by molar-refractivity contribution is 5.72.